The highest BCUT2D eigenvalue weighted by Gasteiger charge is 2.39. The zero-order valence-electron chi connectivity index (χ0n) is 11.3. The maximum absolute atomic E-state index is 11.8. The molecule has 0 spiro atoms. The van der Waals surface area contributed by atoms with Crippen LogP contribution in [0.4, 0.5) is 18.0 Å². The SMILES string of the molecule is CC(NC(=O)OC(C)(C)C)C(=O)NNC(=O)C(F)(F)F. The molecule has 20 heavy (non-hydrogen) atoms. The van der Waals surface area contributed by atoms with Gasteiger partial charge < -0.3 is 10.1 Å². The molecule has 0 saturated carbocycles. The minimum Gasteiger partial charge on any atom is -0.444 e. The number of hydrogen-bond acceptors (Lipinski definition) is 4. The molecule has 0 saturated heterocycles. The molecule has 0 aliphatic carbocycles. The fraction of sp³-hybridized carbons (Fsp3) is 0.700. The fourth-order valence-corrected chi connectivity index (χ4v) is 0.847. The second kappa shape index (κ2) is 6.44. The summed E-state index contributed by atoms with van der Waals surface area (Å²) in [4.78, 5) is 33.0. The number of rotatable bonds is 2. The van der Waals surface area contributed by atoms with Crippen molar-refractivity contribution in [3.05, 3.63) is 0 Å². The van der Waals surface area contributed by atoms with Gasteiger partial charge >= 0.3 is 18.2 Å². The van der Waals surface area contributed by atoms with Crippen LogP contribution < -0.4 is 16.2 Å². The monoisotopic (exact) mass is 299 g/mol. The van der Waals surface area contributed by atoms with Crippen LogP contribution in [0.5, 0.6) is 0 Å². The molecule has 1 atom stereocenters. The van der Waals surface area contributed by atoms with Crippen LogP contribution in [-0.2, 0) is 14.3 Å². The maximum Gasteiger partial charge on any atom is 0.472 e. The highest BCUT2D eigenvalue weighted by Crippen LogP contribution is 2.13. The van der Waals surface area contributed by atoms with E-state index in [0.29, 0.717) is 0 Å². The topological polar surface area (TPSA) is 96.5 Å². The number of carbonyl (C=O) groups is 3. The molecule has 0 aromatic rings. The summed E-state index contributed by atoms with van der Waals surface area (Å²) in [7, 11) is 0. The zero-order chi connectivity index (χ0) is 16.1. The average molecular weight is 299 g/mol. The van der Waals surface area contributed by atoms with Gasteiger partial charge in [-0.25, -0.2) is 4.79 Å². The van der Waals surface area contributed by atoms with E-state index in [4.69, 9.17) is 4.74 Å². The summed E-state index contributed by atoms with van der Waals surface area (Å²) >= 11 is 0. The molecule has 1 unspecified atom stereocenters. The second-order valence-corrected chi connectivity index (χ2v) is 4.81. The third-order valence-electron chi connectivity index (χ3n) is 1.68. The number of alkyl halides is 3. The smallest absolute Gasteiger partial charge is 0.444 e. The Balaban J connectivity index is 4.24. The number of carbonyl (C=O) groups excluding carboxylic acids is 3. The average Bonchev–Trinajstić information content (AvgIpc) is 2.20. The van der Waals surface area contributed by atoms with Crippen molar-refractivity contribution in [2.75, 3.05) is 0 Å². The van der Waals surface area contributed by atoms with E-state index in [-0.39, 0.29) is 0 Å². The molecule has 3 N–H and O–H groups in total. The van der Waals surface area contributed by atoms with Crippen LogP contribution in [-0.4, -0.2) is 35.7 Å². The summed E-state index contributed by atoms with van der Waals surface area (Å²) in [6, 6.07) is -1.20. The van der Waals surface area contributed by atoms with Gasteiger partial charge in [0.1, 0.15) is 11.6 Å². The Morgan fingerprint density at radius 3 is 1.95 bits per heavy atom. The quantitative estimate of drug-likeness (QED) is 0.651. The minimum absolute atomic E-state index is 0.787. The van der Waals surface area contributed by atoms with E-state index in [2.05, 4.69) is 5.32 Å². The molecule has 0 aromatic heterocycles. The van der Waals surface area contributed by atoms with E-state index < -0.39 is 35.7 Å². The summed E-state index contributed by atoms with van der Waals surface area (Å²) < 4.78 is 40.4. The van der Waals surface area contributed by atoms with E-state index in [9.17, 15) is 27.6 Å². The number of amides is 3. The standard InChI is InChI=1S/C10H16F3N3O4/c1-5(14-8(19)20-9(2,3)4)6(17)15-16-7(18)10(11,12)13/h5H,1-4H3,(H,14,19)(H,15,17)(H,16,18). The Morgan fingerprint density at radius 2 is 1.55 bits per heavy atom. The van der Waals surface area contributed by atoms with Crippen molar-refractivity contribution >= 4 is 17.9 Å². The summed E-state index contributed by atoms with van der Waals surface area (Å²) in [5, 5.41) is 2.09. The van der Waals surface area contributed by atoms with Crippen molar-refractivity contribution in [2.24, 2.45) is 0 Å². The Hall–Kier alpha value is -2.00. The molecule has 7 nitrogen and oxygen atoms in total. The van der Waals surface area contributed by atoms with Gasteiger partial charge in [0.15, 0.2) is 0 Å². The van der Waals surface area contributed by atoms with Gasteiger partial charge in [0.25, 0.3) is 5.91 Å². The zero-order valence-corrected chi connectivity index (χ0v) is 11.3. The largest absolute Gasteiger partial charge is 0.472 e. The first-order valence-corrected chi connectivity index (χ1v) is 5.49. The highest BCUT2D eigenvalue weighted by atomic mass is 19.4. The van der Waals surface area contributed by atoms with Gasteiger partial charge in [-0.05, 0) is 27.7 Å². The first-order chi connectivity index (χ1) is 8.83. The normalized spacial score (nSPS) is 13.2. The second-order valence-electron chi connectivity index (χ2n) is 4.81. The molecule has 0 aromatic carbocycles. The van der Waals surface area contributed by atoms with Crippen LogP contribution in [0.15, 0.2) is 0 Å². The lowest BCUT2D eigenvalue weighted by Crippen LogP contribution is -2.54. The Labute approximate surface area is 113 Å². The lowest BCUT2D eigenvalue weighted by molar-refractivity contribution is -0.175. The van der Waals surface area contributed by atoms with Crippen molar-refractivity contribution in [3.8, 4) is 0 Å². The van der Waals surface area contributed by atoms with E-state index in [0.717, 1.165) is 0 Å². The summed E-state index contributed by atoms with van der Waals surface area (Å²) in [5.41, 5.74) is 1.91. The van der Waals surface area contributed by atoms with Crippen LogP contribution in [0.2, 0.25) is 0 Å². The number of nitrogens with one attached hydrogen (secondary N) is 3. The third-order valence-corrected chi connectivity index (χ3v) is 1.68. The van der Waals surface area contributed by atoms with Gasteiger partial charge in [0.2, 0.25) is 0 Å². The Bertz CT molecular complexity index is 390. The van der Waals surface area contributed by atoms with Crippen molar-refractivity contribution in [3.63, 3.8) is 0 Å². The summed E-state index contributed by atoms with van der Waals surface area (Å²) in [5.74, 6) is -3.36. The van der Waals surface area contributed by atoms with Gasteiger partial charge in [0, 0.05) is 0 Å². The fourth-order valence-electron chi connectivity index (χ4n) is 0.847. The van der Waals surface area contributed by atoms with Gasteiger partial charge in [-0.2, -0.15) is 13.2 Å². The van der Waals surface area contributed by atoms with Crippen LogP contribution in [0.1, 0.15) is 27.7 Å². The molecule has 0 heterocycles. The van der Waals surface area contributed by atoms with Gasteiger partial charge in [-0.1, -0.05) is 0 Å². The lowest BCUT2D eigenvalue weighted by Gasteiger charge is -2.21. The summed E-state index contributed by atoms with van der Waals surface area (Å²) in [6.45, 7) is 6.00. The van der Waals surface area contributed by atoms with Crippen molar-refractivity contribution in [2.45, 2.75) is 45.5 Å². The van der Waals surface area contributed by atoms with E-state index in [1.807, 2.05) is 0 Å². The molecule has 0 radical (unpaired) electrons. The number of hydrazine groups is 1. The Morgan fingerprint density at radius 1 is 1.05 bits per heavy atom. The maximum atomic E-state index is 11.8. The van der Waals surface area contributed by atoms with Gasteiger partial charge in [-0.3, -0.25) is 20.4 Å². The molecular weight excluding hydrogens is 283 g/mol. The molecule has 116 valence electrons. The molecule has 10 heteroatoms. The molecule has 3 amide bonds. The number of halogens is 3. The predicted molar refractivity (Wildman–Crippen MR) is 61.2 cm³/mol. The van der Waals surface area contributed by atoms with Crippen molar-refractivity contribution in [1.82, 2.24) is 16.2 Å². The van der Waals surface area contributed by atoms with Crippen LogP contribution >= 0.6 is 0 Å². The highest BCUT2D eigenvalue weighted by molar-refractivity contribution is 5.88. The molecule has 0 fully saturated rings. The van der Waals surface area contributed by atoms with Gasteiger partial charge in [0.05, 0.1) is 0 Å². The van der Waals surface area contributed by atoms with Crippen LogP contribution in [0.3, 0.4) is 0 Å². The van der Waals surface area contributed by atoms with Gasteiger partial charge in [-0.15, -0.1) is 0 Å². The predicted octanol–water partition coefficient (Wildman–Crippen LogP) is 0.609. The minimum atomic E-state index is -5.12. The molecule has 0 aliphatic heterocycles. The van der Waals surface area contributed by atoms with E-state index in [1.54, 1.807) is 20.8 Å². The van der Waals surface area contributed by atoms with Crippen LogP contribution in [0.25, 0.3) is 0 Å². The lowest BCUT2D eigenvalue weighted by atomic mass is 10.2. The number of hydrogen-bond donors (Lipinski definition) is 3. The first-order valence-electron chi connectivity index (χ1n) is 5.49. The van der Waals surface area contributed by atoms with Crippen LogP contribution in [0, 0.1) is 0 Å². The molecule has 0 bridgehead atoms. The third kappa shape index (κ3) is 7.44. The Kier molecular flexibility index (Phi) is 5.79. The summed E-state index contributed by atoms with van der Waals surface area (Å²) in [6.07, 6.45) is -6.03. The first kappa shape index (κ1) is 18.0. The number of alkyl carbamates (subject to hydrolysis) is 1. The van der Waals surface area contributed by atoms with Crippen molar-refractivity contribution in [1.29, 1.82) is 0 Å². The molecular formula is C10H16F3N3O4. The van der Waals surface area contributed by atoms with Crippen molar-refractivity contribution < 1.29 is 32.3 Å². The number of ether oxygens (including phenoxy) is 1. The van der Waals surface area contributed by atoms with E-state index >= 15 is 0 Å². The van der Waals surface area contributed by atoms with E-state index in [1.165, 1.54) is 17.8 Å². The molecule has 0 rings (SSSR count). The molecule has 0 aliphatic rings.